The molecule has 3 aromatic rings. The minimum Gasteiger partial charge on any atom is -0.484 e. The van der Waals surface area contributed by atoms with Gasteiger partial charge < -0.3 is 9.15 Å². The van der Waals surface area contributed by atoms with E-state index in [0.29, 0.717) is 11.5 Å². The largest absolute Gasteiger partial charge is 0.484 e. The normalized spacial score (nSPS) is 11.0. The van der Waals surface area contributed by atoms with E-state index in [1.807, 2.05) is 43.3 Å². The summed E-state index contributed by atoms with van der Waals surface area (Å²) in [6, 6.07) is 17.2. The topological polar surface area (TPSA) is 63.8 Å². The van der Waals surface area contributed by atoms with E-state index in [2.05, 4.69) is 42.4 Å². The summed E-state index contributed by atoms with van der Waals surface area (Å²) < 4.78 is 12.9. The van der Waals surface area contributed by atoms with Gasteiger partial charge in [-0.3, -0.25) is 4.79 Å². The van der Waals surface area contributed by atoms with E-state index in [-0.39, 0.29) is 12.5 Å². The van der Waals surface area contributed by atoms with Crippen LogP contribution in [0.25, 0.3) is 0 Å². The fraction of sp³-hybridized carbons (Fsp3) is 0.100. The third kappa shape index (κ3) is 6.25. The van der Waals surface area contributed by atoms with Crippen molar-refractivity contribution < 1.29 is 13.9 Å². The third-order valence-electron chi connectivity index (χ3n) is 3.45. The molecule has 0 atom stereocenters. The first-order valence-electron chi connectivity index (χ1n) is 8.24. The quantitative estimate of drug-likeness (QED) is 0.314. The second-order valence-electron chi connectivity index (χ2n) is 5.74. The average molecular weight is 524 g/mol. The summed E-state index contributed by atoms with van der Waals surface area (Å²) in [4.78, 5) is 12.9. The van der Waals surface area contributed by atoms with Gasteiger partial charge in [0.25, 0.3) is 5.91 Å². The SMILES string of the molecule is Cc1ccc(Sc2oc(/C=N/NC(=O)COc3cccc(Br)c3)cc2Br)cc1. The lowest BCUT2D eigenvalue weighted by atomic mass is 10.2. The molecule has 144 valence electrons. The van der Waals surface area contributed by atoms with Gasteiger partial charge in [0.2, 0.25) is 0 Å². The highest BCUT2D eigenvalue weighted by atomic mass is 79.9. The summed E-state index contributed by atoms with van der Waals surface area (Å²) in [7, 11) is 0. The van der Waals surface area contributed by atoms with Crippen molar-refractivity contribution in [3.8, 4) is 5.75 Å². The average Bonchev–Trinajstić information content (AvgIpc) is 3.01. The van der Waals surface area contributed by atoms with Crippen LogP contribution in [0.2, 0.25) is 0 Å². The van der Waals surface area contributed by atoms with Crippen molar-refractivity contribution in [2.75, 3.05) is 6.61 Å². The van der Waals surface area contributed by atoms with Crippen LogP contribution in [0.15, 0.2) is 83.0 Å². The van der Waals surface area contributed by atoms with Gasteiger partial charge in [0, 0.05) is 15.4 Å². The lowest BCUT2D eigenvalue weighted by Gasteiger charge is -2.04. The second kappa shape index (κ2) is 9.95. The number of halogens is 2. The highest BCUT2D eigenvalue weighted by Gasteiger charge is 2.10. The van der Waals surface area contributed by atoms with Crippen LogP contribution in [-0.2, 0) is 4.79 Å². The molecule has 0 unspecified atom stereocenters. The minimum absolute atomic E-state index is 0.135. The lowest BCUT2D eigenvalue weighted by Crippen LogP contribution is -2.24. The number of rotatable bonds is 7. The summed E-state index contributed by atoms with van der Waals surface area (Å²) in [6.45, 7) is 1.91. The molecule has 3 rings (SSSR count). The molecule has 1 aromatic heterocycles. The van der Waals surface area contributed by atoms with Crippen LogP contribution in [0, 0.1) is 6.92 Å². The molecule has 0 bridgehead atoms. The summed E-state index contributed by atoms with van der Waals surface area (Å²) in [5, 5.41) is 4.62. The molecule has 1 amide bonds. The second-order valence-corrected chi connectivity index (χ2v) is 8.55. The third-order valence-corrected chi connectivity index (χ3v) is 5.79. The van der Waals surface area contributed by atoms with Crippen LogP contribution in [0.1, 0.15) is 11.3 Å². The Balaban J connectivity index is 1.51. The maximum atomic E-state index is 11.8. The highest BCUT2D eigenvalue weighted by molar-refractivity contribution is 9.10. The maximum absolute atomic E-state index is 11.8. The molecule has 2 aromatic carbocycles. The predicted molar refractivity (Wildman–Crippen MR) is 117 cm³/mol. The summed E-state index contributed by atoms with van der Waals surface area (Å²) in [5.74, 6) is 0.757. The molecule has 0 aliphatic carbocycles. The molecule has 0 saturated heterocycles. The predicted octanol–water partition coefficient (Wildman–Crippen LogP) is 5.79. The number of benzene rings is 2. The molecule has 0 radical (unpaired) electrons. The number of nitrogens with one attached hydrogen (secondary N) is 1. The zero-order valence-corrected chi connectivity index (χ0v) is 18.8. The molecule has 0 aliphatic heterocycles. The molecule has 0 fully saturated rings. The van der Waals surface area contributed by atoms with E-state index in [1.54, 1.807) is 18.2 Å². The van der Waals surface area contributed by atoms with E-state index < -0.39 is 0 Å². The Morgan fingerprint density at radius 3 is 2.75 bits per heavy atom. The van der Waals surface area contributed by atoms with E-state index in [9.17, 15) is 4.79 Å². The fourth-order valence-corrected chi connectivity index (χ4v) is 3.83. The molecule has 8 heteroatoms. The summed E-state index contributed by atoms with van der Waals surface area (Å²) >= 11 is 8.33. The number of carbonyl (C=O) groups is 1. The number of ether oxygens (including phenoxy) is 1. The number of hydrazone groups is 1. The zero-order valence-electron chi connectivity index (χ0n) is 14.8. The molecule has 0 spiro atoms. The number of carbonyl (C=O) groups excluding carboxylic acids is 1. The van der Waals surface area contributed by atoms with Gasteiger partial charge >= 0.3 is 0 Å². The van der Waals surface area contributed by atoms with Crippen LogP contribution >= 0.6 is 43.6 Å². The van der Waals surface area contributed by atoms with E-state index in [4.69, 9.17) is 9.15 Å². The number of furan rings is 1. The summed E-state index contributed by atoms with van der Waals surface area (Å²) in [5.41, 5.74) is 3.62. The number of hydrogen-bond donors (Lipinski definition) is 1. The van der Waals surface area contributed by atoms with Crippen molar-refractivity contribution in [3.63, 3.8) is 0 Å². The number of aryl methyl sites for hydroxylation is 1. The summed E-state index contributed by atoms with van der Waals surface area (Å²) in [6.07, 6.45) is 1.45. The highest BCUT2D eigenvalue weighted by Crippen LogP contribution is 2.35. The van der Waals surface area contributed by atoms with Crippen molar-refractivity contribution in [3.05, 3.63) is 74.9 Å². The molecule has 0 aliphatic rings. The van der Waals surface area contributed by atoms with Crippen LogP contribution in [0.5, 0.6) is 5.75 Å². The molecule has 28 heavy (non-hydrogen) atoms. The van der Waals surface area contributed by atoms with Gasteiger partial charge in [-0.1, -0.05) is 51.5 Å². The molecule has 1 heterocycles. The minimum atomic E-state index is -0.365. The Hall–Kier alpha value is -2.03. The number of nitrogens with zero attached hydrogens (tertiary/aromatic N) is 1. The van der Waals surface area contributed by atoms with Crippen molar-refractivity contribution in [1.29, 1.82) is 0 Å². The molecular formula is C20H16Br2N2O3S. The number of hydrogen-bond acceptors (Lipinski definition) is 5. The van der Waals surface area contributed by atoms with E-state index in [0.717, 1.165) is 18.9 Å². The first kappa shape index (κ1) is 20.7. The lowest BCUT2D eigenvalue weighted by molar-refractivity contribution is -0.123. The number of amides is 1. The van der Waals surface area contributed by atoms with Crippen LogP contribution < -0.4 is 10.2 Å². The van der Waals surface area contributed by atoms with Crippen LogP contribution in [0.3, 0.4) is 0 Å². The Bertz CT molecular complexity index is 987. The standard InChI is InChI=1S/C20H16Br2N2O3S/c1-13-5-7-17(8-6-13)28-20-18(22)10-16(27-20)11-23-24-19(25)12-26-15-4-2-3-14(21)9-15/h2-11H,12H2,1H3,(H,24,25)/b23-11+. The Morgan fingerprint density at radius 1 is 1.21 bits per heavy atom. The molecule has 0 saturated carbocycles. The van der Waals surface area contributed by atoms with Crippen molar-refractivity contribution in [2.24, 2.45) is 5.10 Å². The van der Waals surface area contributed by atoms with Gasteiger partial charge in [0.05, 0.1) is 10.7 Å². The van der Waals surface area contributed by atoms with Gasteiger partial charge in [-0.15, -0.1) is 0 Å². The Morgan fingerprint density at radius 2 is 2.00 bits per heavy atom. The van der Waals surface area contributed by atoms with Gasteiger partial charge in [-0.05, 0) is 53.2 Å². The van der Waals surface area contributed by atoms with Gasteiger partial charge in [-0.25, -0.2) is 5.43 Å². The molecular weight excluding hydrogens is 508 g/mol. The van der Waals surface area contributed by atoms with E-state index in [1.165, 1.54) is 23.5 Å². The van der Waals surface area contributed by atoms with Crippen molar-refractivity contribution in [1.82, 2.24) is 5.43 Å². The molecule has 5 nitrogen and oxygen atoms in total. The van der Waals surface area contributed by atoms with Crippen molar-refractivity contribution >= 4 is 55.7 Å². The zero-order chi connectivity index (χ0) is 19.9. The van der Waals surface area contributed by atoms with Crippen LogP contribution in [-0.4, -0.2) is 18.7 Å². The van der Waals surface area contributed by atoms with Gasteiger partial charge in [0.15, 0.2) is 11.7 Å². The van der Waals surface area contributed by atoms with Gasteiger partial charge in [0.1, 0.15) is 11.5 Å². The smallest absolute Gasteiger partial charge is 0.277 e. The first-order chi connectivity index (χ1) is 13.5. The van der Waals surface area contributed by atoms with Crippen molar-refractivity contribution in [2.45, 2.75) is 16.9 Å². The Kier molecular flexibility index (Phi) is 7.36. The van der Waals surface area contributed by atoms with Gasteiger partial charge in [-0.2, -0.15) is 5.10 Å². The first-order valence-corrected chi connectivity index (χ1v) is 10.6. The Labute approximate surface area is 183 Å². The maximum Gasteiger partial charge on any atom is 0.277 e. The fourth-order valence-electron chi connectivity index (χ4n) is 2.12. The van der Waals surface area contributed by atoms with E-state index >= 15 is 0 Å². The monoisotopic (exact) mass is 522 g/mol. The van der Waals surface area contributed by atoms with Crippen LogP contribution in [0.4, 0.5) is 0 Å². The molecule has 1 N–H and O–H groups in total.